The predicted molar refractivity (Wildman–Crippen MR) is 90.7 cm³/mol. The molecule has 0 saturated heterocycles. The normalized spacial score (nSPS) is 11.3. The van der Waals surface area contributed by atoms with Crippen molar-refractivity contribution in [1.29, 1.82) is 5.26 Å². The first kappa shape index (κ1) is 16.9. The van der Waals surface area contributed by atoms with Crippen molar-refractivity contribution < 1.29 is 8.96 Å². The van der Waals surface area contributed by atoms with Gasteiger partial charge in [0.2, 0.25) is 0 Å². The third-order valence-corrected chi connectivity index (χ3v) is 3.77. The molecule has 0 aliphatic heterocycles. The first-order valence-electron chi connectivity index (χ1n) is 8.10. The molecule has 1 heterocycles. The number of benzene rings is 1. The lowest BCUT2D eigenvalue weighted by molar-refractivity contribution is -0.697. The molecule has 0 aliphatic rings. The number of aryl methyl sites for hydroxylation is 1. The molecule has 0 aliphatic carbocycles. The molecule has 0 spiro atoms. The van der Waals surface area contributed by atoms with Gasteiger partial charge < -0.3 is 0 Å². The van der Waals surface area contributed by atoms with E-state index in [-0.39, 0.29) is 5.82 Å². The van der Waals surface area contributed by atoms with Crippen LogP contribution in [-0.4, -0.2) is 0 Å². The number of nitrogens with zero attached hydrogens (tertiary/aromatic N) is 2. The lowest BCUT2D eigenvalue weighted by Gasteiger charge is -2.01. The van der Waals surface area contributed by atoms with E-state index in [1.165, 1.54) is 37.8 Å². The van der Waals surface area contributed by atoms with Gasteiger partial charge in [-0.25, -0.2) is 8.96 Å². The van der Waals surface area contributed by atoms with Crippen LogP contribution in [0.25, 0.3) is 11.6 Å². The lowest BCUT2D eigenvalue weighted by atomic mass is 10.1. The van der Waals surface area contributed by atoms with Gasteiger partial charge in [-0.1, -0.05) is 31.9 Å². The number of pyridine rings is 1. The average Bonchev–Trinajstić information content (AvgIpc) is 2.59. The Labute approximate surface area is 137 Å². The van der Waals surface area contributed by atoms with Gasteiger partial charge in [0.15, 0.2) is 12.4 Å². The van der Waals surface area contributed by atoms with Gasteiger partial charge in [0.25, 0.3) is 0 Å². The smallest absolute Gasteiger partial charge is 0.169 e. The molecule has 0 N–H and O–H groups in total. The molecule has 0 fully saturated rings. The summed E-state index contributed by atoms with van der Waals surface area (Å²) in [6.45, 7) is 3.21. The molecular weight excluding hydrogens is 287 g/mol. The predicted octanol–water partition coefficient (Wildman–Crippen LogP) is 4.76. The molecule has 2 nitrogen and oxygen atoms in total. The highest BCUT2D eigenvalue weighted by molar-refractivity contribution is 5.89. The Kier molecular flexibility index (Phi) is 6.50. The SMILES string of the molecule is CCCCCC[n+]1ccc(/C(C#N)=C\c2ccc(F)cc2)cc1. The zero-order valence-electron chi connectivity index (χ0n) is 13.5. The quantitative estimate of drug-likeness (QED) is 0.412. The Morgan fingerprint density at radius 3 is 2.39 bits per heavy atom. The Bertz CT molecular complexity index is 679. The highest BCUT2D eigenvalue weighted by Gasteiger charge is 2.05. The largest absolute Gasteiger partial charge is 0.207 e. The number of aromatic nitrogens is 1. The number of nitriles is 1. The van der Waals surface area contributed by atoms with Crippen molar-refractivity contribution in [2.75, 3.05) is 0 Å². The van der Waals surface area contributed by atoms with Crippen LogP contribution in [0.3, 0.4) is 0 Å². The van der Waals surface area contributed by atoms with Crippen molar-refractivity contribution in [3.05, 3.63) is 65.7 Å². The first-order chi connectivity index (χ1) is 11.2. The molecule has 2 rings (SSSR count). The summed E-state index contributed by atoms with van der Waals surface area (Å²) >= 11 is 0. The molecule has 0 amide bonds. The summed E-state index contributed by atoms with van der Waals surface area (Å²) in [6.07, 6.45) is 10.7. The van der Waals surface area contributed by atoms with Crippen molar-refractivity contribution in [1.82, 2.24) is 0 Å². The van der Waals surface area contributed by atoms with E-state index in [1.54, 1.807) is 18.2 Å². The van der Waals surface area contributed by atoms with Crippen LogP contribution in [0.4, 0.5) is 4.39 Å². The molecule has 0 radical (unpaired) electrons. The van der Waals surface area contributed by atoms with Gasteiger partial charge in [0.05, 0.1) is 11.6 Å². The minimum atomic E-state index is -0.274. The summed E-state index contributed by atoms with van der Waals surface area (Å²) < 4.78 is 15.1. The van der Waals surface area contributed by atoms with Gasteiger partial charge in [-0.3, -0.25) is 0 Å². The third kappa shape index (κ3) is 5.34. The molecule has 118 valence electrons. The molecule has 1 aromatic carbocycles. The van der Waals surface area contributed by atoms with Gasteiger partial charge in [-0.2, -0.15) is 5.26 Å². The van der Waals surface area contributed by atoms with E-state index in [0.717, 1.165) is 17.7 Å². The standard InChI is InChI=1S/C20H22FN2/c1-2-3-4-5-12-23-13-10-18(11-14-23)19(16-22)15-17-6-8-20(21)9-7-17/h6-11,13-15H,2-5,12H2,1H3/q+1/b19-15-. The van der Waals surface area contributed by atoms with Crippen LogP contribution in [0.2, 0.25) is 0 Å². The van der Waals surface area contributed by atoms with Crippen LogP contribution >= 0.6 is 0 Å². The number of halogens is 1. The molecule has 2 aromatic rings. The van der Waals surface area contributed by atoms with Gasteiger partial charge >= 0.3 is 0 Å². The molecule has 23 heavy (non-hydrogen) atoms. The highest BCUT2D eigenvalue weighted by Crippen LogP contribution is 2.16. The zero-order chi connectivity index (χ0) is 16.5. The summed E-state index contributed by atoms with van der Waals surface area (Å²) in [6, 6.07) is 12.3. The van der Waals surface area contributed by atoms with Crippen molar-refractivity contribution in [2.45, 2.75) is 39.2 Å². The molecule has 0 bridgehead atoms. The van der Waals surface area contributed by atoms with E-state index in [0.29, 0.717) is 5.57 Å². The third-order valence-electron chi connectivity index (χ3n) is 3.77. The van der Waals surface area contributed by atoms with E-state index in [4.69, 9.17) is 0 Å². The minimum Gasteiger partial charge on any atom is -0.207 e. The fourth-order valence-corrected chi connectivity index (χ4v) is 2.41. The van der Waals surface area contributed by atoms with Gasteiger partial charge in [0.1, 0.15) is 12.4 Å². The Morgan fingerprint density at radius 2 is 1.78 bits per heavy atom. The second-order valence-corrected chi connectivity index (χ2v) is 5.61. The molecule has 0 atom stereocenters. The van der Waals surface area contributed by atoms with E-state index in [1.807, 2.05) is 24.5 Å². The maximum absolute atomic E-state index is 12.9. The Balaban J connectivity index is 2.07. The van der Waals surface area contributed by atoms with Crippen LogP contribution in [0, 0.1) is 17.1 Å². The van der Waals surface area contributed by atoms with Gasteiger partial charge in [-0.05, 0) is 30.2 Å². The fraction of sp³-hybridized carbons (Fsp3) is 0.300. The topological polar surface area (TPSA) is 27.7 Å². The first-order valence-corrected chi connectivity index (χ1v) is 8.10. The van der Waals surface area contributed by atoms with Crippen molar-refractivity contribution in [3.8, 4) is 6.07 Å². The Morgan fingerprint density at radius 1 is 1.09 bits per heavy atom. The number of rotatable bonds is 7. The van der Waals surface area contributed by atoms with E-state index < -0.39 is 0 Å². The second-order valence-electron chi connectivity index (χ2n) is 5.61. The van der Waals surface area contributed by atoms with Crippen LogP contribution in [0.1, 0.15) is 43.7 Å². The van der Waals surface area contributed by atoms with Gasteiger partial charge in [-0.15, -0.1) is 0 Å². The monoisotopic (exact) mass is 309 g/mol. The van der Waals surface area contributed by atoms with Crippen molar-refractivity contribution in [3.63, 3.8) is 0 Å². The number of hydrogen-bond acceptors (Lipinski definition) is 1. The van der Waals surface area contributed by atoms with Crippen LogP contribution in [0.15, 0.2) is 48.8 Å². The summed E-state index contributed by atoms with van der Waals surface area (Å²) in [4.78, 5) is 0. The number of allylic oxidation sites excluding steroid dienone is 1. The lowest BCUT2D eigenvalue weighted by Crippen LogP contribution is -2.32. The van der Waals surface area contributed by atoms with E-state index >= 15 is 0 Å². The molecule has 0 saturated carbocycles. The molecule has 1 aromatic heterocycles. The van der Waals surface area contributed by atoms with Crippen LogP contribution < -0.4 is 4.57 Å². The van der Waals surface area contributed by atoms with Crippen LogP contribution in [-0.2, 0) is 6.54 Å². The van der Waals surface area contributed by atoms with E-state index in [2.05, 4.69) is 17.6 Å². The number of unbranched alkanes of at least 4 members (excludes halogenated alkanes) is 3. The summed E-state index contributed by atoms with van der Waals surface area (Å²) in [7, 11) is 0. The molecular formula is C20H22FN2+. The molecule has 3 heteroatoms. The van der Waals surface area contributed by atoms with E-state index in [9.17, 15) is 9.65 Å². The maximum Gasteiger partial charge on any atom is 0.169 e. The molecule has 0 unspecified atom stereocenters. The average molecular weight is 309 g/mol. The number of hydrogen-bond donors (Lipinski definition) is 0. The second kappa shape index (κ2) is 8.85. The highest BCUT2D eigenvalue weighted by atomic mass is 19.1. The Hall–Kier alpha value is -2.47. The zero-order valence-corrected chi connectivity index (χ0v) is 13.5. The van der Waals surface area contributed by atoms with Crippen molar-refractivity contribution >= 4 is 11.6 Å². The fourth-order valence-electron chi connectivity index (χ4n) is 2.41. The minimum absolute atomic E-state index is 0.274. The summed E-state index contributed by atoms with van der Waals surface area (Å²) in [5.74, 6) is -0.274. The van der Waals surface area contributed by atoms with Crippen molar-refractivity contribution in [2.24, 2.45) is 0 Å². The summed E-state index contributed by atoms with van der Waals surface area (Å²) in [5, 5.41) is 9.37. The van der Waals surface area contributed by atoms with Crippen LogP contribution in [0.5, 0.6) is 0 Å². The summed E-state index contributed by atoms with van der Waals surface area (Å²) in [5.41, 5.74) is 2.27. The van der Waals surface area contributed by atoms with Gasteiger partial charge in [0, 0.05) is 24.1 Å². The maximum atomic E-state index is 12.9.